The van der Waals surface area contributed by atoms with Gasteiger partial charge in [-0.15, -0.1) is 11.6 Å². The van der Waals surface area contributed by atoms with E-state index in [9.17, 15) is 9.59 Å². The van der Waals surface area contributed by atoms with Crippen molar-refractivity contribution in [1.29, 1.82) is 0 Å². The number of alkyl halides is 1. The number of esters is 1. The highest BCUT2D eigenvalue weighted by molar-refractivity contribution is 6.17. The van der Waals surface area contributed by atoms with Crippen molar-refractivity contribution in [1.82, 2.24) is 0 Å². The number of rotatable bonds is 5. The van der Waals surface area contributed by atoms with E-state index in [1.807, 2.05) is 0 Å². The van der Waals surface area contributed by atoms with Crippen LogP contribution < -0.4 is 0 Å². The number of aldehydes is 1. The standard InChI is InChI=1S/C11H19ClO3/c1-10(2,3)15-9(14)11(4,8-13)6-5-7-12/h8H,5-7H2,1-4H3. The lowest BCUT2D eigenvalue weighted by Gasteiger charge is -2.27. The van der Waals surface area contributed by atoms with Gasteiger partial charge in [0.15, 0.2) is 0 Å². The van der Waals surface area contributed by atoms with Crippen LogP contribution in [0.15, 0.2) is 0 Å². The van der Waals surface area contributed by atoms with Gasteiger partial charge in [-0.1, -0.05) is 0 Å². The molecule has 0 amide bonds. The van der Waals surface area contributed by atoms with Crippen molar-refractivity contribution >= 4 is 23.9 Å². The van der Waals surface area contributed by atoms with Crippen molar-refractivity contribution in [3.8, 4) is 0 Å². The number of ether oxygens (including phenoxy) is 1. The van der Waals surface area contributed by atoms with Gasteiger partial charge in [0.1, 0.15) is 17.3 Å². The lowest BCUT2D eigenvalue weighted by molar-refractivity contribution is -0.167. The van der Waals surface area contributed by atoms with Crippen molar-refractivity contribution in [2.24, 2.45) is 5.41 Å². The van der Waals surface area contributed by atoms with Gasteiger partial charge < -0.3 is 9.53 Å². The third-order valence-corrected chi connectivity index (χ3v) is 2.22. The fraction of sp³-hybridized carbons (Fsp3) is 0.818. The van der Waals surface area contributed by atoms with E-state index in [-0.39, 0.29) is 0 Å². The highest BCUT2D eigenvalue weighted by Gasteiger charge is 2.36. The highest BCUT2D eigenvalue weighted by atomic mass is 35.5. The number of carbonyl (C=O) groups is 2. The molecular formula is C11H19ClO3. The van der Waals surface area contributed by atoms with Gasteiger partial charge in [-0.2, -0.15) is 0 Å². The topological polar surface area (TPSA) is 43.4 Å². The molecule has 1 atom stereocenters. The molecule has 88 valence electrons. The van der Waals surface area contributed by atoms with Crippen LogP contribution in [0.2, 0.25) is 0 Å². The van der Waals surface area contributed by atoms with Crippen molar-refractivity contribution < 1.29 is 14.3 Å². The second-order valence-corrected chi connectivity index (χ2v) is 5.21. The summed E-state index contributed by atoms with van der Waals surface area (Å²) in [5.74, 6) is -0.0400. The van der Waals surface area contributed by atoms with Crippen LogP contribution in [0.5, 0.6) is 0 Å². The first-order valence-corrected chi connectivity index (χ1v) is 5.54. The molecule has 0 aromatic carbocycles. The Morgan fingerprint density at radius 1 is 1.33 bits per heavy atom. The SMILES string of the molecule is CC(C)(C)OC(=O)C(C)(C=O)CCCCl. The Labute approximate surface area is 96.1 Å². The van der Waals surface area contributed by atoms with Crippen molar-refractivity contribution in [2.45, 2.75) is 46.1 Å². The lowest BCUT2D eigenvalue weighted by atomic mass is 9.87. The Balaban J connectivity index is 4.51. The van der Waals surface area contributed by atoms with Crippen molar-refractivity contribution in [3.05, 3.63) is 0 Å². The zero-order valence-corrected chi connectivity index (χ0v) is 10.6. The van der Waals surface area contributed by atoms with Crippen LogP contribution in [0.3, 0.4) is 0 Å². The molecule has 0 aliphatic carbocycles. The summed E-state index contributed by atoms with van der Waals surface area (Å²) in [6.07, 6.45) is 1.69. The molecular weight excluding hydrogens is 216 g/mol. The Morgan fingerprint density at radius 3 is 2.20 bits per heavy atom. The van der Waals surface area contributed by atoms with E-state index >= 15 is 0 Å². The fourth-order valence-corrected chi connectivity index (χ4v) is 1.17. The molecule has 15 heavy (non-hydrogen) atoms. The predicted molar refractivity (Wildman–Crippen MR) is 60.0 cm³/mol. The van der Waals surface area contributed by atoms with Gasteiger partial charge in [0.25, 0.3) is 0 Å². The van der Waals surface area contributed by atoms with Crippen LogP contribution in [0.25, 0.3) is 0 Å². The van der Waals surface area contributed by atoms with Crippen LogP contribution in [0, 0.1) is 5.41 Å². The fourth-order valence-electron chi connectivity index (χ4n) is 1.04. The zero-order chi connectivity index (χ0) is 12.1. The maximum absolute atomic E-state index is 11.7. The molecule has 0 fully saturated rings. The average molecular weight is 235 g/mol. The minimum Gasteiger partial charge on any atom is -0.459 e. The minimum atomic E-state index is -1.07. The Morgan fingerprint density at radius 2 is 1.87 bits per heavy atom. The van der Waals surface area contributed by atoms with Crippen LogP contribution in [-0.4, -0.2) is 23.7 Å². The summed E-state index contributed by atoms with van der Waals surface area (Å²) < 4.78 is 5.18. The third kappa shape index (κ3) is 5.17. The van der Waals surface area contributed by atoms with E-state index in [4.69, 9.17) is 16.3 Å². The van der Waals surface area contributed by atoms with E-state index < -0.39 is 17.0 Å². The largest absolute Gasteiger partial charge is 0.459 e. The molecule has 0 saturated heterocycles. The van der Waals surface area contributed by atoms with Gasteiger partial charge in [-0.05, 0) is 40.5 Å². The molecule has 0 aromatic heterocycles. The Bertz CT molecular complexity index is 232. The number of halogens is 1. The Hall–Kier alpha value is -0.570. The summed E-state index contributed by atoms with van der Waals surface area (Å²) in [4.78, 5) is 22.6. The summed E-state index contributed by atoms with van der Waals surface area (Å²) in [6, 6.07) is 0. The lowest BCUT2D eigenvalue weighted by Crippen LogP contribution is -2.37. The van der Waals surface area contributed by atoms with Gasteiger partial charge >= 0.3 is 5.97 Å². The average Bonchev–Trinajstić information content (AvgIpc) is 2.11. The first-order chi connectivity index (χ1) is 6.75. The van der Waals surface area contributed by atoms with Crippen LogP contribution in [0.4, 0.5) is 0 Å². The van der Waals surface area contributed by atoms with E-state index in [1.54, 1.807) is 27.7 Å². The molecule has 0 bridgehead atoms. The molecule has 0 aliphatic rings. The molecule has 0 radical (unpaired) electrons. The van der Waals surface area contributed by atoms with Gasteiger partial charge in [0, 0.05) is 5.88 Å². The number of carbonyl (C=O) groups excluding carboxylic acids is 2. The highest BCUT2D eigenvalue weighted by Crippen LogP contribution is 2.25. The summed E-state index contributed by atoms with van der Waals surface area (Å²) in [6.45, 7) is 6.91. The second-order valence-electron chi connectivity index (χ2n) is 4.83. The van der Waals surface area contributed by atoms with Gasteiger partial charge in [0.2, 0.25) is 0 Å². The molecule has 0 rings (SSSR count). The molecule has 0 saturated carbocycles. The monoisotopic (exact) mass is 234 g/mol. The first kappa shape index (κ1) is 14.4. The smallest absolute Gasteiger partial charge is 0.319 e. The molecule has 3 nitrogen and oxygen atoms in total. The van der Waals surface area contributed by atoms with Gasteiger partial charge in [0.05, 0.1) is 0 Å². The van der Waals surface area contributed by atoms with Gasteiger partial charge in [-0.25, -0.2) is 0 Å². The molecule has 0 heterocycles. The maximum atomic E-state index is 11.7. The molecule has 0 aromatic rings. The van der Waals surface area contributed by atoms with Crippen LogP contribution >= 0.6 is 11.6 Å². The minimum absolute atomic E-state index is 0.426. The summed E-state index contributed by atoms with van der Waals surface area (Å²) in [7, 11) is 0. The van der Waals surface area contributed by atoms with Gasteiger partial charge in [-0.3, -0.25) is 4.79 Å². The molecule has 4 heteroatoms. The van der Waals surface area contributed by atoms with E-state index in [1.165, 1.54) is 0 Å². The van der Waals surface area contributed by atoms with Crippen molar-refractivity contribution in [3.63, 3.8) is 0 Å². The third-order valence-electron chi connectivity index (χ3n) is 1.96. The summed E-state index contributed by atoms with van der Waals surface area (Å²) >= 11 is 5.53. The second kappa shape index (κ2) is 5.50. The molecule has 0 spiro atoms. The first-order valence-electron chi connectivity index (χ1n) is 5.01. The molecule has 1 unspecified atom stereocenters. The molecule has 0 aliphatic heterocycles. The van der Waals surface area contributed by atoms with E-state index in [0.717, 1.165) is 0 Å². The number of hydrogen-bond donors (Lipinski definition) is 0. The van der Waals surface area contributed by atoms with Crippen LogP contribution in [0.1, 0.15) is 40.5 Å². The van der Waals surface area contributed by atoms with Crippen LogP contribution in [-0.2, 0) is 14.3 Å². The predicted octanol–water partition coefficient (Wildman–Crippen LogP) is 2.55. The zero-order valence-electron chi connectivity index (χ0n) is 9.80. The Kier molecular flexibility index (Phi) is 5.29. The normalized spacial score (nSPS) is 15.5. The summed E-state index contributed by atoms with van der Waals surface area (Å²) in [5.41, 5.74) is -1.63. The van der Waals surface area contributed by atoms with E-state index in [0.29, 0.717) is 25.0 Å². The maximum Gasteiger partial charge on any atom is 0.319 e. The quantitative estimate of drug-likeness (QED) is 0.318. The molecule has 0 N–H and O–H groups in total. The van der Waals surface area contributed by atoms with E-state index in [2.05, 4.69) is 0 Å². The summed E-state index contributed by atoms with van der Waals surface area (Å²) in [5, 5.41) is 0. The number of hydrogen-bond acceptors (Lipinski definition) is 3. The van der Waals surface area contributed by atoms with Crippen molar-refractivity contribution in [2.75, 3.05) is 5.88 Å².